The van der Waals surface area contributed by atoms with Gasteiger partial charge in [-0.2, -0.15) is 0 Å². The normalized spacial score (nSPS) is 49.8. The zero-order valence-electron chi connectivity index (χ0n) is 15.4. The number of hydrogen-bond acceptors (Lipinski definition) is 3. The summed E-state index contributed by atoms with van der Waals surface area (Å²) in [6.07, 6.45) is 11.8. The molecule has 6 atom stereocenters. The van der Waals surface area contributed by atoms with E-state index in [9.17, 15) is 9.90 Å². The molecule has 0 heterocycles. The Morgan fingerprint density at radius 3 is 2.71 bits per heavy atom. The molecule has 4 aliphatic rings. The Morgan fingerprint density at radius 1 is 1.21 bits per heavy atom. The summed E-state index contributed by atoms with van der Waals surface area (Å²) in [7, 11) is 1.54. The van der Waals surface area contributed by atoms with Crippen LogP contribution in [0.3, 0.4) is 0 Å². The molecule has 3 heteroatoms. The summed E-state index contributed by atoms with van der Waals surface area (Å²) >= 11 is 0. The van der Waals surface area contributed by atoms with E-state index in [0.717, 1.165) is 19.3 Å². The average Bonchev–Trinajstić information content (AvgIpc) is 2.84. The maximum Gasteiger partial charge on any atom is 0.311 e. The monoisotopic (exact) mass is 332 g/mol. The third-order valence-corrected chi connectivity index (χ3v) is 8.63. The lowest BCUT2D eigenvalue weighted by Gasteiger charge is -2.63. The maximum absolute atomic E-state index is 12.6. The minimum Gasteiger partial charge on any atom is -0.469 e. The van der Waals surface area contributed by atoms with Crippen LogP contribution in [0.5, 0.6) is 0 Å². The molecule has 0 amide bonds. The zero-order valence-corrected chi connectivity index (χ0v) is 15.4. The van der Waals surface area contributed by atoms with E-state index in [0.29, 0.717) is 23.2 Å². The highest BCUT2D eigenvalue weighted by Gasteiger charge is 2.64. The summed E-state index contributed by atoms with van der Waals surface area (Å²) in [5, 5.41) is 9.75. The molecule has 1 spiro atoms. The third-order valence-electron chi connectivity index (χ3n) is 8.63. The number of fused-ring (bicyclic) bond motifs is 3. The van der Waals surface area contributed by atoms with Crippen LogP contribution in [-0.2, 0) is 9.53 Å². The lowest BCUT2D eigenvalue weighted by molar-refractivity contribution is -0.180. The number of methoxy groups -OCH3 is 1. The highest BCUT2D eigenvalue weighted by atomic mass is 16.5. The topological polar surface area (TPSA) is 46.5 Å². The van der Waals surface area contributed by atoms with Gasteiger partial charge in [0.2, 0.25) is 0 Å². The van der Waals surface area contributed by atoms with Crippen LogP contribution in [0.15, 0.2) is 11.6 Å². The summed E-state index contributed by atoms with van der Waals surface area (Å²) in [5.74, 6) is 1.71. The number of esters is 1. The van der Waals surface area contributed by atoms with Crippen molar-refractivity contribution >= 4 is 5.97 Å². The van der Waals surface area contributed by atoms with Gasteiger partial charge in [0.25, 0.3) is 0 Å². The van der Waals surface area contributed by atoms with Crippen molar-refractivity contribution in [2.75, 3.05) is 13.7 Å². The number of ether oxygens (including phenoxy) is 1. The van der Waals surface area contributed by atoms with Crippen molar-refractivity contribution in [3.8, 4) is 0 Å². The molecular weight excluding hydrogens is 300 g/mol. The molecular formula is C21H32O3. The third kappa shape index (κ3) is 1.97. The molecule has 3 fully saturated rings. The predicted octanol–water partition coefficient (Wildman–Crippen LogP) is 4.10. The van der Waals surface area contributed by atoms with Gasteiger partial charge in [-0.3, -0.25) is 4.79 Å². The molecule has 0 radical (unpaired) electrons. The Bertz CT molecular complexity index is 582. The first kappa shape index (κ1) is 16.6. The number of carbonyl (C=O) groups excluding carboxylic acids is 1. The summed E-state index contributed by atoms with van der Waals surface area (Å²) in [6, 6.07) is 0. The summed E-state index contributed by atoms with van der Waals surface area (Å²) in [6.45, 7) is 4.86. The van der Waals surface area contributed by atoms with Crippen LogP contribution in [0.25, 0.3) is 0 Å². The maximum atomic E-state index is 12.6. The molecule has 0 aromatic carbocycles. The first-order valence-electron chi connectivity index (χ1n) is 9.80. The fraction of sp³-hybridized carbons (Fsp3) is 0.857. The highest BCUT2D eigenvalue weighted by molar-refractivity contribution is 5.77. The van der Waals surface area contributed by atoms with E-state index < -0.39 is 0 Å². The Labute approximate surface area is 145 Å². The van der Waals surface area contributed by atoms with Gasteiger partial charge in [-0.25, -0.2) is 0 Å². The smallest absolute Gasteiger partial charge is 0.311 e. The average molecular weight is 332 g/mol. The minimum atomic E-state index is -0.317. The Kier molecular flexibility index (Phi) is 3.69. The van der Waals surface area contributed by atoms with E-state index in [-0.39, 0.29) is 23.4 Å². The standard InChI is InChI=1S/C21H32O3/c1-19-8-4-9-20(2,18(23)24-3)16(19)7-10-21-11-14(5-6-17(19)21)15(12-21)13-22/h12,14,16-17,22H,4-11,13H2,1-3H3/t14-,16+,17+,19+,20+,21+/m0/s1. The van der Waals surface area contributed by atoms with Crippen LogP contribution in [-0.4, -0.2) is 24.8 Å². The van der Waals surface area contributed by atoms with Crippen LogP contribution >= 0.6 is 0 Å². The Balaban J connectivity index is 1.73. The van der Waals surface area contributed by atoms with Crippen LogP contribution in [0, 0.1) is 34.0 Å². The molecule has 0 saturated heterocycles. The molecule has 3 nitrogen and oxygen atoms in total. The first-order valence-corrected chi connectivity index (χ1v) is 9.80. The number of rotatable bonds is 2. The van der Waals surface area contributed by atoms with Gasteiger partial charge in [-0.05, 0) is 86.0 Å². The van der Waals surface area contributed by atoms with Crippen molar-refractivity contribution in [2.24, 2.45) is 34.0 Å². The van der Waals surface area contributed by atoms with Gasteiger partial charge >= 0.3 is 5.97 Å². The zero-order chi connectivity index (χ0) is 17.2. The second kappa shape index (κ2) is 5.33. The fourth-order valence-corrected chi connectivity index (χ4v) is 7.70. The van der Waals surface area contributed by atoms with Crippen LogP contribution in [0.1, 0.15) is 65.2 Å². The van der Waals surface area contributed by atoms with Gasteiger partial charge in [0.1, 0.15) is 0 Å². The number of carbonyl (C=O) groups is 1. The van der Waals surface area contributed by atoms with Crippen LogP contribution < -0.4 is 0 Å². The SMILES string of the molecule is COC(=O)[C@]1(C)CCC[C@]2(C)[C@H]1CC[C@@]13C=C(CO)[C@@H](CC[C@@H]12)C3. The predicted molar refractivity (Wildman–Crippen MR) is 93.2 cm³/mol. The van der Waals surface area contributed by atoms with Crippen molar-refractivity contribution < 1.29 is 14.6 Å². The quantitative estimate of drug-likeness (QED) is 0.612. The van der Waals surface area contributed by atoms with Gasteiger partial charge in [0, 0.05) is 0 Å². The lowest BCUT2D eigenvalue weighted by Crippen LogP contribution is -2.58. The molecule has 0 aromatic rings. The van der Waals surface area contributed by atoms with Gasteiger partial charge in [-0.1, -0.05) is 19.4 Å². The number of aliphatic hydroxyl groups is 1. The fourth-order valence-electron chi connectivity index (χ4n) is 7.70. The molecule has 4 rings (SSSR count). The van der Waals surface area contributed by atoms with Crippen LogP contribution in [0.4, 0.5) is 0 Å². The minimum absolute atomic E-state index is 0.000993. The molecule has 0 aromatic heterocycles. The summed E-state index contributed by atoms with van der Waals surface area (Å²) in [4.78, 5) is 12.6. The Hall–Kier alpha value is -0.830. The molecule has 24 heavy (non-hydrogen) atoms. The second-order valence-corrected chi connectivity index (χ2v) is 9.50. The Morgan fingerprint density at radius 2 is 2.00 bits per heavy atom. The molecule has 134 valence electrons. The molecule has 0 unspecified atom stereocenters. The van der Waals surface area contributed by atoms with E-state index >= 15 is 0 Å². The first-order chi connectivity index (χ1) is 11.4. The largest absolute Gasteiger partial charge is 0.469 e. The van der Waals surface area contributed by atoms with E-state index in [1.807, 2.05) is 0 Å². The van der Waals surface area contributed by atoms with Crippen molar-refractivity contribution in [1.82, 2.24) is 0 Å². The van der Waals surface area contributed by atoms with E-state index in [1.165, 1.54) is 37.7 Å². The highest BCUT2D eigenvalue weighted by Crippen LogP contribution is 2.70. The van der Waals surface area contributed by atoms with Crippen molar-refractivity contribution in [3.05, 3.63) is 11.6 Å². The van der Waals surface area contributed by atoms with Gasteiger partial charge in [0.15, 0.2) is 0 Å². The molecule has 0 aliphatic heterocycles. The van der Waals surface area contributed by atoms with Crippen molar-refractivity contribution in [3.63, 3.8) is 0 Å². The number of aliphatic hydroxyl groups excluding tert-OH is 1. The summed E-state index contributed by atoms with van der Waals surface area (Å²) < 4.78 is 5.23. The lowest BCUT2D eigenvalue weighted by atomic mass is 9.41. The van der Waals surface area contributed by atoms with Crippen molar-refractivity contribution in [1.29, 1.82) is 0 Å². The molecule has 2 bridgehead atoms. The van der Waals surface area contributed by atoms with Crippen LogP contribution in [0.2, 0.25) is 0 Å². The van der Waals surface area contributed by atoms with Gasteiger partial charge < -0.3 is 9.84 Å². The number of hydrogen-bond donors (Lipinski definition) is 1. The molecule has 4 aliphatic carbocycles. The van der Waals surface area contributed by atoms with E-state index in [1.54, 1.807) is 7.11 Å². The van der Waals surface area contributed by atoms with Crippen molar-refractivity contribution in [2.45, 2.75) is 65.2 Å². The van der Waals surface area contributed by atoms with E-state index in [4.69, 9.17) is 4.74 Å². The van der Waals surface area contributed by atoms with Gasteiger partial charge in [-0.15, -0.1) is 0 Å². The van der Waals surface area contributed by atoms with Gasteiger partial charge in [0.05, 0.1) is 19.1 Å². The number of allylic oxidation sites excluding steroid dienone is 1. The molecule has 1 N–H and O–H groups in total. The molecule has 3 saturated carbocycles. The summed E-state index contributed by atoms with van der Waals surface area (Å²) in [5.41, 5.74) is 1.50. The second-order valence-electron chi connectivity index (χ2n) is 9.50. The van der Waals surface area contributed by atoms with E-state index in [2.05, 4.69) is 19.9 Å².